The van der Waals surface area contributed by atoms with Crippen molar-refractivity contribution in [2.45, 2.75) is 0 Å². The molecule has 0 saturated carbocycles. The Hall–Kier alpha value is -0.610. The lowest BCUT2D eigenvalue weighted by Crippen LogP contribution is -2.24. The Balaban J connectivity index is -0.000000000523. The van der Waals surface area contributed by atoms with Crippen molar-refractivity contribution in [3.8, 4) is 0 Å². The van der Waals surface area contributed by atoms with Gasteiger partial charge in [0.05, 0.1) is 0 Å². The van der Waals surface area contributed by atoms with Crippen LogP contribution >= 0.6 is 7.82 Å². The molecule has 0 aliphatic heterocycles. The normalized spacial score (nSPS) is 2.57. The first-order valence-electron chi connectivity index (χ1n) is 0.730. The Morgan fingerprint density at radius 2 is 0.304 bits per heavy atom. The van der Waals surface area contributed by atoms with E-state index in [4.69, 9.17) is 19.2 Å². The van der Waals surface area contributed by atoms with Gasteiger partial charge in [0.25, 0.3) is 0 Å². The summed E-state index contributed by atoms with van der Waals surface area (Å²) in [5.41, 5.74) is 0. The minimum Gasteiger partial charge on any atom is -0.822 e. The van der Waals surface area contributed by atoms with E-state index < -0.39 is 7.82 Å². The van der Waals surface area contributed by atoms with E-state index in [1.165, 1.54) is 0 Å². The smallest absolute Gasteiger partial charge is 0.159 e. The molecule has 23 heteroatoms. The molecule has 0 aromatic carbocycles. The van der Waals surface area contributed by atoms with Crippen LogP contribution in [-0.2, 0) is 4.57 Å². The van der Waals surface area contributed by atoms with Gasteiger partial charge in [-0.3, -0.25) is 0 Å². The van der Waals surface area contributed by atoms with Crippen LogP contribution < -0.4 is 14.7 Å². The highest BCUT2D eigenvalue weighted by Crippen LogP contribution is 2.03. The van der Waals surface area contributed by atoms with Crippen LogP contribution in [0.3, 0.4) is 0 Å². The molecule has 0 rings (SSSR count). The Labute approximate surface area is 127 Å². The molecule has 0 aromatic heterocycles. The van der Waals surface area contributed by atoms with Gasteiger partial charge in [-0.2, -0.15) is 7.82 Å². The lowest BCUT2D eigenvalue weighted by Gasteiger charge is -2.36. The maximum Gasteiger partial charge on any atom is -0.159 e. The van der Waals surface area contributed by atoms with E-state index >= 15 is 0 Å². The molecule has 0 atom stereocenters. The highest BCUT2D eigenvalue weighted by molar-refractivity contribution is 7.40. The zero-order chi connectivity index (χ0) is 4.50. The fourth-order valence-electron chi connectivity index (χ4n) is 0. The monoisotopic (exact) mass is 419 g/mol. The zero-order valence-electron chi connectivity index (χ0n) is 11.1. The quantitative estimate of drug-likeness (QED) is 0.345. The first-order chi connectivity index (χ1) is 2.00. The minimum atomic E-state index is -5.39. The van der Waals surface area contributed by atoms with Crippen molar-refractivity contribution in [1.29, 1.82) is 0 Å². The summed E-state index contributed by atoms with van der Waals surface area (Å²) < 4.78 is 8.55. The lowest BCUT2D eigenvalue weighted by molar-refractivity contribution is -0.432. The second-order valence-electron chi connectivity index (χ2n) is 0.447. The molecule has 23 heavy (non-hydrogen) atoms. The van der Waals surface area contributed by atoms with Crippen LogP contribution in [-0.4, -0.2) is 98.6 Å². The molecule has 0 fully saturated rings. The van der Waals surface area contributed by atoms with Gasteiger partial charge in [-0.05, 0) is 0 Å². The SMILES string of the molecule is O.O.O.O.O.O.O.O.O.O.O.O.O.O.O.O.O.O.O=P([O-])([O-])[O-]. The summed E-state index contributed by atoms with van der Waals surface area (Å²) in [7, 11) is -5.39. The maximum atomic E-state index is 8.55. The Morgan fingerprint density at radius 1 is 0.304 bits per heavy atom. The van der Waals surface area contributed by atoms with Crippen molar-refractivity contribution >= 4 is 7.82 Å². The molecule has 0 heterocycles. The van der Waals surface area contributed by atoms with Crippen molar-refractivity contribution in [3.63, 3.8) is 0 Å². The van der Waals surface area contributed by atoms with E-state index in [9.17, 15) is 0 Å². The molecule has 0 unspecified atom stereocenters. The molecular weight excluding hydrogens is 383 g/mol. The zero-order valence-corrected chi connectivity index (χ0v) is 12.0. The average molecular weight is 419 g/mol. The highest BCUT2D eigenvalue weighted by Gasteiger charge is 1.44. The first kappa shape index (κ1) is 891. The maximum absolute atomic E-state index is 8.55. The topological polar surface area (TPSA) is 653 Å². The summed E-state index contributed by atoms with van der Waals surface area (Å²) in [5.74, 6) is 0. The van der Waals surface area contributed by atoms with E-state index in [2.05, 4.69) is 0 Å². The second kappa shape index (κ2) is 306. The van der Waals surface area contributed by atoms with Gasteiger partial charge in [-0.15, -0.1) is 0 Å². The van der Waals surface area contributed by atoms with Crippen LogP contribution in [0.25, 0.3) is 0 Å². The summed E-state index contributed by atoms with van der Waals surface area (Å²) in [6.45, 7) is 0. The lowest BCUT2D eigenvalue weighted by atomic mass is 15.8. The van der Waals surface area contributed by atoms with Crippen LogP contribution in [0.2, 0.25) is 0 Å². The molecule has 0 aliphatic carbocycles. The number of hydrogen-bond donors (Lipinski definition) is 0. The van der Waals surface area contributed by atoms with Gasteiger partial charge in [0.15, 0.2) is 0 Å². The number of hydrogen-bond acceptors (Lipinski definition) is 4. The Morgan fingerprint density at radius 3 is 0.304 bits per heavy atom. The van der Waals surface area contributed by atoms with Gasteiger partial charge in [0.1, 0.15) is 0 Å². The van der Waals surface area contributed by atoms with Crippen LogP contribution in [0.5, 0.6) is 0 Å². The summed E-state index contributed by atoms with van der Waals surface area (Å²) in [6, 6.07) is 0. The van der Waals surface area contributed by atoms with Crippen LogP contribution in [0, 0.1) is 0 Å². The van der Waals surface area contributed by atoms with E-state index in [1.54, 1.807) is 0 Å². The first-order valence-corrected chi connectivity index (χ1v) is 2.19. The second-order valence-corrected chi connectivity index (χ2v) is 1.34. The highest BCUT2D eigenvalue weighted by atomic mass is 31.2. The number of phosphoric acid groups is 1. The van der Waals surface area contributed by atoms with Gasteiger partial charge in [-0.25, -0.2) is 0 Å². The van der Waals surface area contributed by atoms with Crippen LogP contribution in [0.1, 0.15) is 0 Å². The van der Waals surface area contributed by atoms with Crippen molar-refractivity contribution in [1.82, 2.24) is 0 Å². The van der Waals surface area contributed by atoms with Crippen molar-refractivity contribution in [3.05, 3.63) is 0 Å². The van der Waals surface area contributed by atoms with Crippen molar-refractivity contribution in [2.75, 3.05) is 0 Å². The fraction of sp³-hybridized carbons (Fsp3) is 0. The molecule has 0 aliphatic rings. The van der Waals surface area contributed by atoms with Gasteiger partial charge in [0.2, 0.25) is 0 Å². The van der Waals surface area contributed by atoms with Gasteiger partial charge in [0, 0.05) is 0 Å². The molecule has 0 saturated heterocycles. The number of rotatable bonds is 0. The van der Waals surface area contributed by atoms with Crippen LogP contribution in [0.4, 0.5) is 0 Å². The summed E-state index contributed by atoms with van der Waals surface area (Å²) in [6.07, 6.45) is 0. The summed E-state index contributed by atoms with van der Waals surface area (Å²) >= 11 is 0. The minimum absolute atomic E-state index is 0. The molecule has 0 spiro atoms. The Bertz CT molecular complexity index is 52.1. The third-order valence-corrected chi connectivity index (χ3v) is 0. The van der Waals surface area contributed by atoms with Crippen LogP contribution in [0.15, 0.2) is 0 Å². The predicted molar refractivity (Wildman–Crippen MR) is 72.7 cm³/mol. The van der Waals surface area contributed by atoms with E-state index in [-0.39, 0.29) is 98.6 Å². The standard InChI is InChI=1S/H3O4P.18H2O/c1-5(2,3)4;;;;;;;;;;;;;;;;;;/h(H3,1,2,3,4);18*1H2/p-3. The molecule has 0 radical (unpaired) electrons. The van der Waals surface area contributed by atoms with E-state index in [1.807, 2.05) is 0 Å². The van der Waals surface area contributed by atoms with Crippen molar-refractivity contribution < 1.29 is 118 Å². The summed E-state index contributed by atoms with van der Waals surface area (Å²) in [5, 5.41) is 0. The molecule has 0 bridgehead atoms. The molecule has 22 nitrogen and oxygen atoms in total. The molecule has 36 N–H and O–H groups in total. The van der Waals surface area contributed by atoms with E-state index in [0.717, 1.165) is 0 Å². The van der Waals surface area contributed by atoms with Crippen molar-refractivity contribution in [2.24, 2.45) is 0 Å². The van der Waals surface area contributed by atoms with Gasteiger partial charge >= 0.3 is 0 Å². The van der Waals surface area contributed by atoms with Gasteiger partial charge in [-0.1, -0.05) is 0 Å². The molecule has 176 valence electrons. The predicted octanol–water partition coefficient (Wildman–Crippen LogP) is -17.7. The third kappa shape index (κ3) is 21600. The largest absolute Gasteiger partial charge is 0.822 e. The summed E-state index contributed by atoms with van der Waals surface area (Å²) in [4.78, 5) is 25.6. The Kier molecular flexibility index (Phi) is 11900. The third-order valence-electron chi connectivity index (χ3n) is 0. The molecular formula is H36O22P-3. The van der Waals surface area contributed by atoms with E-state index in [0.29, 0.717) is 0 Å². The fourth-order valence-corrected chi connectivity index (χ4v) is 0. The van der Waals surface area contributed by atoms with Gasteiger partial charge < -0.3 is 118 Å². The molecule has 0 amide bonds. The average Bonchev–Trinajstić information content (AvgIpc) is 0.722. The molecule has 0 aromatic rings.